The van der Waals surface area contributed by atoms with E-state index in [4.69, 9.17) is 23.7 Å². The van der Waals surface area contributed by atoms with Gasteiger partial charge in [0.25, 0.3) is 0 Å². The monoisotopic (exact) mass is 562 g/mol. The molecule has 0 aromatic heterocycles. The fourth-order valence-corrected chi connectivity index (χ4v) is 4.88. The molecular formula is C34H58O6. The second-order valence-electron chi connectivity index (χ2n) is 11.1. The van der Waals surface area contributed by atoms with E-state index in [1.807, 2.05) is 12.1 Å². The summed E-state index contributed by atoms with van der Waals surface area (Å²) < 4.78 is 29.1. The Morgan fingerprint density at radius 3 is 1.98 bits per heavy atom. The van der Waals surface area contributed by atoms with Gasteiger partial charge in [-0.25, -0.2) is 4.79 Å². The lowest BCUT2D eigenvalue weighted by atomic mass is 10.1. The van der Waals surface area contributed by atoms with E-state index in [1.54, 1.807) is 6.07 Å². The lowest BCUT2D eigenvalue weighted by Gasteiger charge is -2.22. The summed E-state index contributed by atoms with van der Waals surface area (Å²) in [5.41, 5.74) is 0.465. The molecule has 0 radical (unpaired) electrons. The summed E-state index contributed by atoms with van der Waals surface area (Å²) in [6, 6.07) is 5.56. The third kappa shape index (κ3) is 16.5. The van der Waals surface area contributed by atoms with Crippen molar-refractivity contribution in [2.75, 3.05) is 33.0 Å². The molecular weight excluding hydrogens is 504 g/mol. The van der Waals surface area contributed by atoms with Gasteiger partial charge in [0.15, 0.2) is 6.29 Å². The molecule has 1 aromatic carbocycles. The number of ether oxygens (including phenoxy) is 5. The molecule has 0 amide bonds. The number of hydrogen-bond donors (Lipinski definition) is 0. The Morgan fingerprint density at radius 2 is 1.32 bits per heavy atom. The minimum atomic E-state index is -0.333. The molecule has 0 aliphatic carbocycles. The van der Waals surface area contributed by atoms with Gasteiger partial charge in [-0.15, -0.1) is 0 Å². The Bertz CT molecular complexity index is 746. The van der Waals surface area contributed by atoms with Crippen molar-refractivity contribution in [3.05, 3.63) is 23.8 Å². The van der Waals surface area contributed by atoms with Crippen LogP contribution in [0.1, 0.15) is 146 Å². The number of rotatable bonds is 25. The Balaban J connectivity index is 1.73. The van der Waals surface area contributed by atoms with Crippen molar-refractivity contribution >= 4 is 5.97 Å². The van der Waals surface area contributed by atoms with Crippen LogP contribution in [0.2, 0.25) is 0 Å². The maximum Gasteiger partial charge on any atom is 0.342 e. The Hall–Kier alpha value is -1.79. The highest BCUT2D eigenvalue weighted by Crippen LogP contribution is 2.26. The van der Waals surface area contributed by atoms with Gasteiger partial charge in [-0.2, -0.15) is 0 Å². The van der Waals surface area contributed by atoms with Crippen LogP contribution in [0.3, 0.4) is 0 Å². The summed E-state index contributed by atoms with van der Waals surface area (Å²) in [6.07, 6.45) is 21.7. The van der Waals surface area contributed by atoms with E-state index < -0.39 is 0 Å². The molecule has 1 aliphatic rings. The van der Waals surface area contributed by atoms with Crippen molar-refractivity contribution in [3.8, 4) is 11.5 Å². The number of benzene rings is 1. The Kier molecular flexibility index (Phi) is 20.5. The van der Waals surface area contributed by atoms with Crippen LogP contribution >= 0.6 is 0 Å². The molecule has 1 heterocycles. The van der Waals surface area contributed by atoms with Crippen LogP contribution in [-0.4, -0.2) is 45.3 Å². The number of esters is 1. The molecule has 40 heavy (non-hydrogen) atoms. The maximum atomic E-state index is 13.0. The molecule has 2 rings (SSSR count). The first-order valence-electron chi connectivity index (χ1n) is 16.5. The first-order valence-corrected chi connectivity index (χ1v) is 16.5. The van der Waals surface area contributed by atoms with Crippen LogP contribution in [0.25, 0.3) is 0 Å². The molecule has 1 fully saturated rings. The molecule has 6 nitrogen and oxygen atoms in total. The van der Waals surface area contributed by atoms with Crippen LogP contribution < -0.4 is 9.47 Å². The molecule has 1 saturated heterocycles. The SMILES string of the molecule is CCCCCCCCOc1ccc(OCCCCCCCC)c(C(=O)OCCCCCCOC2CCCCO2)c1. The average molecular weight is 563 g/mol. The van der Waals surface area contributed by atoms with Crippen LogP contribution in [-0.2, 0) is 14.2 Å². The Morgan fingerprint density at radius 1 is 0.725 bits per heavy atom. The van der Waals surface area contributed by atoms with Gasteiger partial charge in [0.05, 0.1) is 19.8 Å². The van der Waals surface area contributed by atoms with Gasteiger partial charge in [0.2, 0.25) is 0 Å². The zero-order valence-corrected chi connectivity index (χ0v) is 25.7. The molecule has 1 unspecified atom stereocenters. The molecule has 1 aliphatic heterocycles. The predicted octanol–water partition coefficient (Wildman–Crippen LogP) is 9.43. The zero-order valence-electron chi connectivity index (χ0n) is 25.7. The summed E-state index contributed by atoms with van der Waals surface area (Å²) in [5.74, 6) is 0.961. The van der Waals surface area contributed by atoms with Gasteiger partial charge in [-0.05, 0) is 69.6 Å². The average Bonchev–Trinajstić information content (AvgIpc) is 2.98. The highest BCUT2D eigenvalue weighted by atomic mass is 16.7. The second-order valence-corrected chi connectivity index (χ2v) is 11.1. The predicted molar refractivity (Wildman–Crippen MR) is 162 cm³/mol. The highest BCUT2D eigenvalue weighted by Gasteiger charge is 2.16. The summed E-state index contributed by atoms with van der Waals surface area (Å²) in [5, 5.41) is 0. The van der Waals surface area contributed by atoms with Crippen LogP contribution in [0, 0.1) is 0 Å². The van der Waals surface area contributed by atoms with Crippen LogP contribution in [0.4, 0.5) is 0 Å². The van der Waals surface area contributed by atoms with E-state index in [1.165, 1.54) is 64.2 Å². The molecule has 0 bridgehead atoms. The molecule has 1 aromatic rings. The summed E-state index contributed by atoms with van der Waals surface area (Å²) in [7, 11) is 0. The second kappa shape index (κ2) is 23.9. The maximum absolute atomic E-state index is 13.0. The summed E-state index contributed by atoms with van der Waals surface area (Å²) in [6.45, 7) is 7.69. The first-order chi connectivity index (χ1) is 19.7. The van der Waals surface area contributed by atoms with Crippen molar-refractivity contribution < 1.29 is 28.5 Å². The lowest BCUT2D eigenvalue weighted by Crippen LogP contribution is -2.22. The van der Waals surface area contributed by atoms with E-state index in [0.29, 0.717) is 36.9 Å². The van der Waals surface area contributed by atoms with E-state index in [2.05, 4.69) is 13.8 Å². The van der Waals surface area contributed by atoms with Crippen molar-refractivity contribution in [3.63, 3.8) is 0 Å². The van der Waals surface area contributed by atoms with Crippen LogP contribution in [0.15, 0.2) is 18.2 Å². The molecule has 0 saturated carbocycles. The number of carbonyl (C=O) groups is 1. The molecule has 0 spiro atoms. The molecule has 1 atom stereocenters. The van der Waals surface area contributed by atoms with Gasteiger partial charge in [-0.1, -0.05) is 84.5 Å². The van der Waals surface area contributed by atoms with Gasteiger partial charge < -0.3 is 23.7 Å². The number of unbranched alkanes of at least 4 members (excludes halogenated alkanes) is 13. The molecule has 6 heteroatoms. The van der Waals surface area contributed by atoms with E-state index in [-0.39, 0.29) is 12.3 Å². The fraction of sp³-hybridized carbons (Fsp3) is 0.794. The van der Waals surface area contributed by atoms with Crippen molar-refractivity contribution in [2.45, 2.75) is 142 Å². The molecule has 230 valence electrons. The topological polar surface area (TPSA) is 63.2 Å². The quantitative estimate of drug-likeness (QED) is 0.0873. The van der Waals surface area contributed by atoms with Crippen LogP contribution in [0.5, 0.6) is 11.5 Å². The zero-order chi connectivity index (χ0) is 28.5. The highest BCUT2D eigenvalue weighted by molar-refractivity contribution is 5.93. The van der Waals surface area contributed by atoms with Crippen molar-refractivity contribution in [1.82, 2.24) is 0 Å². The number of carbonyl (C=O) groups excluding carboxylic acids is 1. The van der Waals surface area contributed by atoms with Gasteiger partial charge in [0.1, 0.15) is 17.1 Å². The summed E-state index contributed by atoms with van der Waals surface area (Å²) >= 11 is 0. The normalized spacial score (nSPS) is 15.2. The largest absolute Gasteiger partial charge is 0.494 e. The minimum absolute atomic E-state index is 0.0160. The third-order valence-electron chi connectivity index (χ3n) is 7.41. The smallest absolute Gasteiger partial charge is 0.342 e. The van der Waals surface area contributed by atoms with Gasteiger partial charge in [-0.3, -0.25) is 0 Å². The minimum Gasteiger partial charge on any atom is -0.494 e. The fourth-order valence-electron chi connectivity index (χ4n) is 4.88. The van der Waals surface area contributed by atoms with Gasteiger partial charge in [0, 0.05) is 13.2 Å². The third-order valence-corrected chi connectivity index (χ3v) is 7.41. The van der Waals surface area contributed by atoms with E-state index in [0.717, 1.165) is 71.0 Å². The molecule has 0 N–H and O–H groups in total. The Labute approximate surface area is 244 Å². The lowest BCUT2D eigenvalue weighted by molar-refractivity contribution is -0.162. The van der Waals surface area contributed by atoms with Crippen molar-refractivity contribution in [1.29, 1.82) is 0 Å². The first kappa shape index (κ1) is 34.4. The number of hydrogen-bond acceptors (Lipinski definition) is 6. The standard InChI is InChI=1S/C34H58O6/c1-3-5-7-9-11-16-24-36-30-22-23-32(37-25-17-12-10-8-6-4-2)31(29-30)34(35)40-28-19-14-13-18-26-38-33-21-15-20-27-39-33/h22-23,29,33H,3-21,24-28H2,1-2H3. The summed E-state index contributed by atoms with van der Waals surface area (Å²) in [4.78, 5) is 13.0. The van der Waals surface area contributed by atoms with E-state index in [9.17, 15) is 4.79 Å². The van der Waals surface area contributed by atoms with E-state index >= 15 is 0 Å². The van der Waals surface area contributed by atoms with Crippen molar-refractivity contribution in [2.24, 2.45) is 0 Å². The van der Waals surface area contributed by atoms with Gasteiger partial charge >= 0.3 is 5.97 Å².